The summed E-state index contributed by atoms with van der Waals surface area (Å²) >= 11 is 6.17. The van der Waals surface area contributed by atoms with Crippen LogP contribution in [-0.2, 0) is 10.0 Å². The van der Waals surface area contributed by atoms with Gasteiger partial charge in [-0.05, 0) is 67.8 Å². The average Bonchev–Trinajstić information content (AvgIpc) is 3.18. The quantitative estimate of drug-likeness (QED) is 0.476. The highest BCUT2D eigenvalue weighted by molar-refractivity contribution is 7.89. The molecule has 4 rings (SSSR count). The summed E-state index contributed by atoms with van der Waals surface area (Å²) in [5.41, 5.74) is 11.8. The monoisotopic (exact) mass is 482 g/mol. The normalized spacial score (nSPS) is 16.2. The Hall–Kier alpha value is -2.87. The van der Waals surface area contributed by atoms with E-state index >= 15 is 0 Å². The second-order valence-corrected chi connectivity index (χ2v) is 10.6. The lowest BCUT2D eigenvalue weighted by atomic mass is 10.00. The van der Waals surface area contributed by atoms with Gasteiger partial charge < -0.3 is 5.73 Å². The number of anilines is 2. The van der Waals surface area contributed by atoms with Crippen LogP contribution < -0.4 is 15.5 Å². The van der Waals surface area contributed by atoms with Gasteiger partial charge in [-0.15, -0.1) is 0 Å². The van der Waals surface area contributed by atoms with Gasteiger partial charge in [0, 0.05) is 17.1 Å². The van der Waals surface area contributed by atoms with Crippen molar-refractivity contribution >= 4 is 38.7 Å². The number of nitrogens with one attached hydrogen (secondary N) is 1. The van der Waals surface area contributed by atoms with Gasteiger partial charge in [-0.3, -0.25) is 5.01 Å². The molecule has 0 bridgehead atoms. The molecule has 1 atom stereocenters. The van der Waals surface area contributed by atoms with E-state index in [2.05, 4.69) is 35.9 Å². The molecule has 3 aromatic rings. The van der Waals surface area contributed by atoms with Crippen LogP contribution in [0.2, 0.25) is 5.02 Å². The number of benzene rings is 3. The van der Waals surface area contributed by atoms with E-state index in [0.717, 1.165) is 22.5 Å². The molecular formula is C25H27ClN4O2S. The molecular weight excluding hydrogens is 456 g/mol. The molecule has 0 radical (unpaired) electrons. The third kappa shape index (κ3) is 5.05. The summed E-state index contributed by atoms with van der Waals surface area (Å²) in [5, 5.41) is 7.45. The summed E-state index contributed by atoms with van der Waals surface area (Å²) in [6.07, 6.45) is 0.601. The summed E-state index contributed by atoms with van der Waals surface area (Å²) in [4.78, 5) is 0.182. The van der Waals surface area contributed by atoms with Crippen LogP contribution in [0.4, 0.5) is 11.4 Å². The fourth-order valence-corrected chi connectivity index (χ4v) is 5.51. The van der Waals surface area contributed by atoms with Gasteiger partial charge in [0.05, 0.1) is 28.9 Å². The van der Waals surface area contributed by atoms with Crippen molar-refractivity contribution in [3.63, 3.8) is 0 Å². The zero-order chi connectivity index (χ0) is 23.8. The van der Waals surface area contributed by atoms with E-state index in [1.807, 2.05) is 30.1 Å². The Balaban J connectivity index is 1.63. The Bertz CT molecular complexity index is 1320. The Morgan fingerprint density at radius 2 is 1.76 bits per heavy atom. The standard InChI is InChI=1S/C25H27ClN4O2S/c1-16-4-7-19(8-5-16)24-14-22(29-30(24)23-11-9-20(26)12-18(23)3)15-28-33(31,32)25-13-21(27)10-6-17(25)2/h4-13,24,28H,14-15,27H2,1-3H3/t24-/m0/s1. The Morgan fingerprint density at radius 1 is 1.03 bits per heavy atom. The van der Waals surface area contributed by atoms with E-state index in [0.29, 0.717) is 22.7 Å². The average molecular weight is 483 g/mol. The summed E-state index contributed by atoms with van der Waals surface area (Å²) in [6.45, 7) is 5.91. The van der Waals surface area contributed by atoms with E-state index in [1.165, 1.54) is 11.6 Å². The van der Waals surface area contributed by atoms with Crippen molar-refractivity contribution in [2.75, 3.05) is 17.3 Å². The minimum absolute atomic E-state index is 0.0425. The summed E-state index contributed by atoms with van der Waals surface area (Å²) in [7, 11) is -3.73. The fourth-order valence-electron chi connectivity index (χ4n) is 3.99. The lowest BCUT2D eigenvalue weighted by Crippen LogP contribution is -2.29. The number of hydrazone groups is 1. The Labute approximate surface area is 200 Å². The second kappa shape index (κ2) is 9.17. The number of hydrogen-bond donors (Lipinski definition) is 2. The number of hydrogen-bond acceptors (Lipinski definition) is 5. The van der Waals surface area contributed by atoms with Gasteiger partial charge in [0.25, 0.3) is 0 Å². The summed E-state index contributed by atoms with van der Waals surface area (Å²) in [6, 6.07) is 18.9. The molecule has 0 unspecified atom stereocenters. The highest BCUT2D eigenvalue weighted by atomic mass is 35.5. The first-order valence-electron chi connectivity index (χ1n) is 10.7. The first-order valence-corrected chi connectivity index (χ1v) is 12.5. The molecule has 33 heavy (non-hydrogen) atoms. The maximum atomic E-state index is 12.9. The van der Waals surface area contributed by atoms with Crippen LogP contribution in [0.1, 0.15) is 34.7 Å². The highest BCUT2D eigenvalue weighted by Gasteiger charge is 2.31. The van der Waals surface area contributed by atoms with Gasteiger partial charge in [-0.1, -0.05) is 47.5 Å². The van der Waals surface area contributed by atoms with Crippen molar-refractivity contribution in [1.29, 1.82) is 0 Å². The molecule has 1 heterocycles. The zero-order valence-electron chi connectivity index (χ0n) is 18.8. The molecule has 3 N–H and O–H groups in total. The fraction of sp³-hybridized carbons (Fsp3) is 0.240. The van der Waals surface area contributed by atoms with E-state index < -0.39 is 10.0 Å². The van der Waals surface area contributed by atoms with Gasteiger partial charge in [-0.2, -0.15) is 5.10 Å². The summed E-state index contributed by atoms with van der Waals surface area (Å²) < 4.78 is 28.6. The highest BCUT2D eigenvalue weighted by Crippen LogP contribution is 2.37. The third-order valence-corrected chi connectivity index (χ3v) is 7.59. The summed E-state index contributed by atoms with van der Waals surface area (Å²) in [5.74, 6) is 0. The number of nitrogens with two attached hydrogens (primary N) is 1. The minimum atomic E-state index is -3.73. The molecule has 0 aromatic heterocycles. The van der Waals surface area contributed by atoms with E-state index in [1.54, 1.807) is 19.1 Å². The van der Waals surface area contributed by atoms with E-state index in [9.17, 15) is 8.42 Å². The van der Waals surface area contributed by atoms with Gasteiger partial charge in [0.1, 0.15) is 0 Å². The van der Waals surface area contributed by atoms with Crippen LogP contribution in [0.15, 0.2) is 70.7 Å². The molecule has 6 nitrogen and oxygen atoms in total. The molecule has 1 aliphatic rings. The SMILES string of the molecule is Cc1ccc([C@@H]2CC(CNS(=O)(=O)c3cc(N)ccc3C)=NN2c2ccc(Cl)cc2C)cc1. The number of halogens is 1. The molecule has 0 aliphatic carbocycles. The predicted molar refractivity (Wildman–Crippen MR) is 135 cm³/mol. The van der Waals surface area contributed by atoms with Gasteiger partial charge in [0.15, 0.2) is 0 Å². The Morgan fingerprint density at radius 3 is 2.45 bits per heavy atom. The van der Waals surface area contributed by atoms with Crippen molar-refractivity contribution < 1.29 is 8.42 Å². The van der Waals surface area contributed by atoms with Crippen LogP contribution in [0.3, 0.4) is 0 Å². The van der Waals surface area contributed by atoms with Crippen molar-refractivity contribution in [3.05, 3.63) is 87.9 Å². The van der Waals surface area contributed by atoms with Crippen LogP contribution in [-0.4, -0.2) is 20.7 Å². The van der Waals surface area contributed by atoms with Crippen LogP contribution >= 0.6 is 11.6 Å². The zero-order valence-corrected chi connectivity index (χ0v) is 20.4. The van der Waals surface area contributed by atoms with Crippen molar-refractivity contribution in [3.8, 4) is 0 Å². The van der Waals surface area contributed by atoms with E-state index in [-0.39, 0.29) is 17.5 Å². The maximum Gasteiger partial charge on any atom is 0.241 e. The Kier molecular flexibility index (Phi) is 6.47. The predicted octanol–water partition coefficient (Wildman–Crippen LogP) is 5.13. The largest absolute Gasteiger partial charge is 0.399 e. The van der Waals surface area contributed by atoms with E-state index in [4.69, 9.17) is 22.4 Å². The molecule has 0 saturated carbocycles. The molecule has 0 saturated heterocycles. The maximum absolute atomic E-state index is 12.9. The minimum Gasteiger partial charge on any atom is -0.399 e. The molecule has 0 amide bonds. The molecule has 172 valence electrons. The molecule has 0 fully saturated rings. The lowest BCUT2D eigenvalue weighted by Gasteiger charge is -2.25. The first-order chi connectivity index (χ1) is 15.6. The van der Waals surface area contributed by atoms with Crippen molar-refractivity contribution in [2.45, 2.75) is 38.1 Å². The van der Waals surface area contributed by atoms with Crippen LogP contribution in [0, 0.1) is 20.8 Å². The lowest BCUT2D eigenvalue weighted by molar-refractivity contribution is 0.585. The molecule has 8 heteroatoms. The number of nitrogen functional groups attached to an aromatic ring is 1. The van der Waals surface area contributed by atoms with Gasteiger partial charge >= 0.3 is 0 Å². The molecule has 3 aromatic carbocycles. The molecule has 0 spiro atoms. The topological polar surface area (TPSA) is 87.8 Å². The molecule has 1 aliphatic heterocycles. The van der Waals surface area contributed by atoms with Crippen LogP contribution in [0.5, 0.6) is 0 Å². The van der Waals surface area contributed by atoms with Crippen molar-refractivity contribution in [2.24, 2.45) is 5.10 Å². The smallest absolute Gasteiger partial charge is 0.241 e. The number of sulfonamides is 1. The third-order valence-electron chi connectivity index (χ3n) is 5.81. The number of nitrogens with zero attached hydrogens (tertiary/aromatic N) is 2. The van der Waals surface area contributed by atoms with Crippen molar-refractivity contribution in [1.82, 2.24) is 4.72 Å². The van der Waals surface area contributed by atoms with Gasteiger partial charge in [-0.25, -0.2) is 13.1 Å². The number of rotatable bonds is 6. The van der Waals surface area contributed by atoms with Crippen LogP contribution in [0.25, 0.3) is 0 Å². The van der Waals surface area contributed by atoms with Gasteiger partial charge in [0.2, 0.25) is 10.0 Å². The second-order valence-electron chi connectivity index (χ2n) is 8.42. The number of aryl methyl sites for hydroxylation is 3. The first kappa shape index (κ1) is 23.3.